The lowest BCUT2D eigenvalue weighted by Crippen LogP contribution is -2.32. The Hall–Kier alpha value is -2.23. The van der Waals surface area contributed by atoms with E-state index in [1.165, 1.54) is 11.2 Å². The van der Waals surface area contributed by atoms with Crippen molar-refractivity contribution in [3.8, 4) is 11.3 Å². The lowest BCUT2D eigenvalue weighted by atomic mass is 10.00. The van der Waals surface area contributed by atoms with Crippen LogP contribution in [0, 0.1) is 6.92 Å². The van der Waals surface area contributed by atoms with E-state index in [1.807, 2.05) is 19.1 Å². The van der Waals surface area contributed by atoms with Crippen molar-refractivity contribution in [3.63, 3.8) is 0 Å². The van der Waals surface area contributed by atoms with Crippen LogP contribution in [0.5, 0.6) is 0 Å². The van der Waals surface area contributed by atoms with Gasteiger partial charge in [0.2, 0.25) is 5.91 Å². The van der Waals surface area contributed by atoms with Crippen LogP contribution in [0.1, 0.15) is 23.7 Å². The molecule has 0 saturated carbocycles. The molecule has 0 spiro atoms. The first-order chi connectivity index (χ1) is 10.8. The average molecular weight is 335 g/mol. The fourth-order valence-electron chi connectivity index (χ4n) is 2.77. The summed E-state index contributed by atoms with van der Waals surface area (Å²) in [6, 6.07) is 5.54. The second kappa shape index (κ2) is 5.44. The second-order valence-electron chi connectivity index (χ2n) is 5.52. The second-order valence-corrected chi connectivity index (χ2v) is 7.07. The predicted molar refractivity (Wildman–Crippen MR) is 85.4 cm³/mol. The minimum absolute atomic E-state index is 0.161. The third-order valence-corrected chi connectivity index (χ3v) is 4.78. The van der Waals surface area contributed by atoms with Crippen LogP contribution in [0.25, 0.3) is 11.3 Å². The molecule has 1 aliphatic heterocycles. The van der Waals surface area contributed by atoms with Gasteiger partial charge < -0.3 is 5.32 Å². The van der Waals surface area contributed by atoms with Gasteiger partial charge in [-0.15, -0.1) is 0 Å². The summed E-state index contributed by atoms with van der Waals surface area (Å²) in [6.07, 6.45) is 0. The van der Waals surface area contributed by atoms with E-state index in [9.17, 15) is 13.2 Å². The maximum atomic E-state index is 11.5. The van der Waals surface area contributed by atoms with E-state index in [0.717, 1.165) is 16.7 Å². The van der Waals surface area contributed by atoms with Gasteiger partial charge in [-0.2, -0.15) is 17.8 Å². The van der Waals surface area contributed by atoms with Crippen LogP contribution in [0.15, 0.2) is 18.2 Å². The molecule has 9 heteroatoms. The van der Waals surface area contributed by atoms with E-state index in [-0.39, 0.29) is 19.0 Å². The van der Waals surface area contributed by atoms with Crippen LogP contribution < -0.4 is 10.5 Å². The Kier molecular flexibility index (Phi) is 3.71. The Balaban J connectivity index is 2.09. The third-order valence-electron chi connectivity index (χ3n) is 3.80. The van der Waals surface area contributed by atoms with Crippen LogP contribution in [-0.4, -0.2) is 28.8 Å². The summed E-state index contributed by atoms with van der Waals surface area (Å²) in [5.41, 5.74) is 4.47. The van der Waals surface area contributed by atoms with Crippen molar-refractivity contribution >= 4 is 21.8 Å². The number of fused-ring (bicyclic) bond motifs is 1. The van der Waals surface area contributed by atoms with Gasteiger partial charge in [0.25, 0.3) is 10.2 Å². The molecule has 1 aromatic carbocycles. The first kappa shape index (κ1) is 15.7. The largest absolute Gasteiger partial charge is 0.326 e. The van der Waals surface area contributed by atoms with Crippen LogP contribution >= 0.6 is 0 Å². The molecule has 8 nitrogen and oxygen atoms in total. The van der Waals surface area contributed by atoms with E-state index in [1.54, 1.807) is 6.07 Å². The van der Waals surface area contributed by atoms with Crippen molar-refractivity contribution in [3.05, 3.63) is 35.0 Å². The number of nitrogens with two attached hydrogens (primary N) is 1. The monoisotopic (exact) mass is 335 g/mol. The fraction of sp³-hybridized carbons (Fsp3) is 0.286. The summed E-state index contributed by atoms with van der Waals surface area (Å²) in [4.78, 5) is 11.4. The number of nitrogens with one attached hydrogen (secondary N) is 2. The normalized spacial score (nSPS) is 14.7. The Labute approximate surface area is 133 Å². The number of H-pyrrole nitrogens is 1. The zero-order valence-corrected chi connectivity index (χ0v) is 13.6. The highest BCUT2D eigenvalue weighted by atomic mass is 32.2. The number of hydrogen-bond donors (Lipinski definition) is 3. The van der Waals surface area contributed by atoms with E-state index < -0.39 is 10.2 Å². The first-order valence-corrected chi connectivity index (χ1v) is 8.49. The quantitative estimate of drug-likeness (QED) is 0.770. The van der Waals surface area contributed by atoms with Crippen molar-refractivity contribution < 1.29 is 13.2 Å². The molecule has 2 aromatic rings. The van der Waals surface area contributed by atoms with Gasteiger partial charge in [-0.05, 0) is 18.6 Å². The molecule has 4 N–H and O–H groups in total. The molecule has 0 aliphatic carbocycles. The molecule has 122 valence electrons. The smallest absolute Gasteiger partial charge is 0.277 e. The first-order valence-electron chi connectivity index (χ1n) is 6.99. The highest BCUT2D eigenvalue weighted by molar-refractivity contribution is 7.86. The van der Waals surface area contributed by atoms with E-state index in [2.05, 4.69) is 15.5 Å². The summed E-state index contributed by atoms with van der Waals surface area (Å²) in [7, 11) is -3.76. The number of aryl methyl sites for hydroxylation is 1. The molecule has 0 saturated heterocycles. The number of amides is 1. The Morgan fingerprint density at radius 2 is 2.13 bits per heavy atom. The zero-order valence-electron chi connectivity index (χ0n) is 12.8. The van der Waals surface area contributed by atoms with Gasteiger partial charge in [-0.3, -0.25) is 9.89 Å². The lowest BCUT2D eigenvalue weighted by molar-refractivity contribution is -0.114. The Bertz CT molecular complexity index is 888. The minimum atomic E-state index is -3.76. The zero-order chi connectivity index (χ0) is 16.8. The van der Waals surface area contributed by atoms with E-state index in [4.69, 9.17) is 5.14 Å². The minimum Gasteiger partial charge on any atom is -0.326 e. The van der Waals surface area contributed by atoms with Gasteiger partial charge in [0.05, 0.1) is 23.6 Å². The summed E-state index contributed by atoms with van der Waals surface area (Å²) >= 11 is 0. The average Bonchev–Trinajstić information content (AvgIpc) is 2.98. The molecular formula is C14H17N5O3S. The van der Waals surface area contributed by atoms with Gasteiger partial charge in [-0.1, -0.05) is 12.1 Å². The van der Waals surface area contributed by atoms with Crippen LogP contribution in [0.4, 0.5) is 5.69 Å². The van der Waals surface area contributed by atoms with Gasteiger partial charge in [0, 0.05) is 24.6 Å². The molecule has 0 fully saturated rings. The van der Waals surface area contributed by atoms with Gasteiger partial charge >= 0.3 is 0 Å². The number of carbonyl (C=O) groups excluding carboxylic acids is 1. The van der Waals surface area contributed by atoms with Crippen molar-refractivity contribution in [1.82, 2.24) is 14.5 Å². The maximum absolute atomic E-state index is 11.5. The van der Waals surface area contributed by atoms with Crippen molar-refractivity contribution in [2.45, 2.75) is 26.9 Å². The van der Waals surface area contributed by atoms with Crippen LogP contribution in [0.2, 0.25) is 0 Å². The fourth-order valence-corrected chi connectivity index (χ4v) is 3.39. The molecule has 1 amide bonds. The predicted octanol–water partition coefficient (Wildman–Crippen LogP) is 0.863. The molecule has 1 aliphatic rings. The number of nitrogens with zero attached hydrogens (tertiary/aromatic N) is 2. The molecule has 1 aromatic heterocycles. The molecule has 2 heterocycles. The highest BCUT2D eigenvalue weighted by Crippen LogP contribution is 2.37. The van der Waals surface area contributed by atoms with E-state index >= 15 is 0 Å². The van der Waals surface area contributed by atoms with Crippen molar-refractivity contribution in [1.29, 1.82) is 0 Å². The van der Waals surface area contributed by atoms with Gasteiger partial charge in [0.15, 0.2) is 0 Å². The molecule has 0 bridgehead atoms. The number of hydrogen-bond acceptors (Lipinski definition) is 4. The molecule has 0 atom stereocenters. The molecule has 0 radical (unpaired) electrons. The number of aromatic nitrogens is 2. The number of benzene rings is 1. The summed E-state index contributed by atoms with van der Waals surface area (Å²) in [5, 5.41) is 15.2. The lowest BCUT2D eigenvalue weighted by Gasteiger charge is -2.14. The van der Waals surface area contributed by atoms with E-state index in [0.29, 0.717) is 17.1 Å². The number of rotatable bonds is 3. The standard InChI is InChI=1S/C14H17N5O3S/c1-8-4-3-5-11(16-9(2)20)13(8)14-10-6-19(23(15,21)22)7-12(10)17-18-14/h3-5H,6-7H2,1-2H3,(H,16,20)(H,17,18)(H2,15,21,22). The van der Waals surface area contributed by atoms with Crippen LogP contribution in [0.3, 0.4) is 0 Å². The molecule has 0 unspecified atom stereocenters. The number of aromatic amines is 1. The highest BCUT2D eigenvalue weighted by Gasteiger charge is 2.32. The topological polar surface area (TPSA) is 121 Å². The molecule has 3 rings (SSSR count). The summed E-state index contributed by atoms with van der Waals surface area (Å²) in [5.74, 6) is -0.185. The van der Waals surface area contributed by atoms with Crippen molar-refractivity contribution in [2.24, 2.45) is 5.14 Å². The van der Waals surface area contributed by atoms with Gasteiger partial charge in [0.1, 0.15) is 0 Å². The third kappa shape index (κ3) is 2.85. The molecule has 23 heavy (non-hydrogen) atoms. The maximum Gasteiger partial charge on any atom is 0.277 e. The van der Waals surface area contributed by atoms with Crippen LogP contribution in [-0.2, 0) is 28.1 Å². The summed E-state index contributed by atoms with van der Waals surface area (Å²) < 4.78 is 24.3. The number of anilines is 1. The number of carbonyl (C=O) groups is 1. The van der Waals surface area contributed by atoms with Gasteiger partial charge in [-0.25, -0.2) is 5.14 Å². The Morgan fingerprint density at radius 3 is 2.78 bits per heavy atom. The summed E-state index contributed by atoms with van der Waals surface area (Å²) in [6.45, 7) is 3.67. The SMILES string of the molecule is CC(=O)Nc1cccc(C)c1-c1n[nH]c2c1CN(S(N)(=O)=O)C2. The Morgan fingerprint density at radius 1 is 1.39 bits per heavy atom. The van der Waals surface area contributed by atoms with Crippen molar-refractivity contribution in [2.75, 3.05) is 5.32 Å². The molecular weight excluding hydrogens is 318 g/mol.